The van der Waals surface area contributed by atoms with Crippen molar-refractivity contribution in [2.75, 3.05) is 35.2 Å². The Morgan fingerprint density at radius 3 is 2.41 bits per heavy atom. The van der Waals surface area contributed by atoms with E-state index in [9.17, 15) is 4.79 Å². The van der Waals surface area contributed by atoms with Crippen molar-refractivity contribution >= 4 is 40.6 Å². The fraction of sp³-hybridized carbons (Fsp3) is 0.292. The van der Waals surface area contributed by atoms with Crippen LogP contribution in [0.25, 0.3) is 0 Å². The van der Waals surface area contributed by atoms with Crippen LogP contribution in [-0.2, 0) is 4.79 Å². The number of ether oxygens (including phenoxy) is 1. The molecule has 32 heavy (non-hydrogen) atoms. The monoisotopic (exact) mass is 451 g/mol. The summed E-state index contributed by atoms with van der Waals surface area (Å²) >= 11 is 5.85. The molecular weight excluding hydrogens is 426 g/mol. The molecule has 1 aliphatic rings. The molecule has 1 saturated heterocycles. The zero-order valence-corrected chi connectivity index (χ0v) is 18.7. The van der Waals surface area contributed by atoms with Gasteiger partial charge in [0.25, 0.3) is 5.91 Å². The lowest BCUT2D eigenvalue weighted by Crippen LogP contribution is -2.31. The number of hydrogen-bond donors (Lipinski definition) is 2. The average molecular weight is 452 g/mol. The van der Waals surface area contributed by atoms with Crippen LogP contribution >= 0.6 is 11.6 Å². The fourth-order valence-electron chi connectivity index (χ4n) is 3.51. The third-order valence-corrected chi connectivity index (χ3v) is 5.36. The van der Waals surface area contributed by atoms with Crippen LogP contribution in [-0.4, -0.2) is 35.6 Å². The second-order valence-corrected chi connectivity index (χ2v) is 8.17. The number of piperidine rings is 1. The van der Waals surface area contributed by atoms with Crippen molar-refractivity contribution in [1.82, 2.24) is 9.97 Å². The molecule has 2 heterocycles. The van der Waals surface area contributed by atoms with Crippen molar-refractivity contribution in [3.63, 3.8) is 0 Å². The van der Waals surface area contributed by atoms with E-state index in [2.05, 4.69) is 20.5 Å². The Balaban J connectivity index is 1.33. The lowest BCUT2D eigenvalue weighted by Gasteiger charge is -2.27. The summed E-state index contributed by atoms with van der Waals surface area (Å²) in [5.41, 5.74) is 2.49. The van der Waals surface area contributed by atoms with E-state index in [4.69, 9.17) is 21.3 Å². The molecule has 2 aromatic carbocycles. The van der Waals surface area contributed by atoms with Crippen LogP contribution in [0.2, 0.25) is 5.02 Å². The SMILES string of the molecule is Cc1cc(Nc2ccc(NC(=O)COc3ccc(Cl)cc3)cc2)nc(N2CCCCC2)n1. The van der Waals surface area contributed by atoms with Gasteiger partial charge >= 0.3 is 0 Å². The number of halogens is 1. The topological polar surface area (TPSA) is 79.4 Å². The molecule has 0 radical (unpaired) electrons. The van der Waals surface area contributed by atoms with Crippen molar-refractivity contribution in [1.29, 1.82) is 0 Å². The maximum absolute atomic E-state index is 12.2. The van der Waals surface area contributed by atoms with Crippen LogP contribution in [0.5, 0.6) is 5.75 Å². The van der Waals surface area contributed by atoms with Gasteiger partial charge in [-0.1, -0.05) is 11.6 Å². The van der Waals surface area contributed by atoms with Crippen LogP contribution in [0.15, 0.2) is 54.6 Å². The van der Waals surface area contributed by atoms with Crippen LogP contribution in [0, 0.1) is 6.92 Å². The normalized spacial score (nSPS) is 13.5. The molecule has 0 bridgehead atoms. The fourth-order valence-corrected chi connectivity index (χ4v) is 3.64. The first-order valence-electron chi connectivity index (χ1n) is 10.7. The van der Waals surface area contributed by atoms with Gasteiger partial charge in [-0.3, -0.25) is 4.79 Å². The molecule has 2 N–H and O–H groups in total. The summed E-state index contributed by atoms with van der Waals surface area (Å²) in [5, 5.41) is 6.78. The van der Waals surface area contributed by atoms with Crippen LogP contribution in [0.4, 0.5) is 23.1 Å². The molecular formula is C24H26ClN5O2. The second-order valence-electron chi connectivity index (χ2n) is 7.74. The van der Waals surface area contributed by atoms with Gasteiger partial charge in [-0.25, -0.2) is 4.98 Å². The van der Waals surface area contributed by atoms with Crippen LogP contribution in [0.3, 0.4) is 0 Å². The molecule has 1 aliphatic heterocycles. The molecule has 166 valence electrons. The van der Waals surface area contributed by atoms with E-state index < -0.39 is 0 Å². The van der Waals surface area contributed by atoms with E-state index in [1.54, 1.807) is 24.3 Å². The Morgan fingerprint density at radius 2 is 1.69 bits per heavy atom. The minimum absolute atomic E-state index is 0.0822. The van der Waals surface area contributed by atoms with E-state index in [-0.39, 0.29) is 12.5 Å². The van der Waals surface area contributed by atoms with Gasteiger partial charge in [-0.15, -0.1) is 0 Å². The highest BCUT2D eigenvalue weighted by molar-refractivity contribution is 6.30. The number of anilines is 4. The Bertz CT molecular complexity index is 1050. The highest BCUT2D eigenvalue weighted by Gasteiger charge is 2.14. The summed E-state index contributed by atoms with van der Waals surface area (Å²) in [5.74, 6) is 1.88. The summed E-state index contributed by atoms with van der Waals surface area (Å²) in [6.45, 7) is 3.89. The molecule has 4 rings (SSSR count). The van der Waals surface area contributed by atoms with Gasteiger partial charge in [0.15, 0.2) is 6.61 Å². The van der Waals surface area contributed by atoms with E-state index in [0.717, 1.165) is 36.2 Å². The maximum Gasteiger partial charge on any atom is 0.262 e. The maximum atomic E-state index is 12.2. The van der Waals surface area contributed by atoms with Crippen LogP contribution < -0.4 is 20.3 Å². The molecule has 0 aliphatic carbocycles. The van der Waals surface area contributed by atoms with Crippen molar-refractivity contribution in [3.05, 3.63) is 65.3 Å². The molecule has 1 aromatic heterocycles. The van der Waals surface area contributed by atoms with Gasteiger partial charge in [0.1, 0.15) is 11.6 Å². The molecule has 0 spiro atoms. The first-order chi connectivity index (χ1) is 15.5. The van der Waals surface area contributed by atoms with Crippen molar-refractivity contribution in [2.45, 2.75) is 26.2 Å². The van der Waals surface area contributed by atoms with Gasteiger partial charge in [0.2, 0.25) is 5.95 Å². The highest BCUT2D eigenvalue weighted by atomic mass is 35.5. The third-order valence-electron chi connectivity index (χ3n) is 5.11. The Morgan fingerprint density at radius 1 is 1.00 bits per heavy atom. The Labute approximate surface area is 192 Å². The predicted octanol–water partition coefficient (Wildman–Crippen LogP) is 5.19. The number of carbonyl (C=O) groups excluding carboxylic acids is 1. The number of benzene rings is 2. The Hall–Kier alpha value is -3.32. The number of aryl methyl sites for hydroxylation is 1. The number of carbonyl (C=O) groups is 1. The van der Waals surface area contributed by atoms with Gasteiger partial charge in [0.05, 0.1) is 0 Å². The minimum atomic E-state index is -0.238. The standard InChI is InChI=1S/C24H26ClN5O2/c1-17-15-22(29-24(26-17)30-13-3-2-4-14-30)27-19-7-9-20(10-8-19)28-23(31)16-32-21-11-5-18(25)6-12-21/h5-12,15H,2-4,13-14,16H2,1H3,(H,28,31)(H,26,27,29). The highest BCUT2D eigenvalue weighted by Crippen LogP contribution is 2.22. The Kier molecular flexibility index (Phi) is 7.07. The number of nitrogens with zero attached hydrogens (tertiary/aromatic N) is 3. The smallest absolute Gasteiger partial charge is 0.262 e. The van der Waals surface area contributed by atoms with E-state index in [1.165, 1.54) is 19.3 Å². The number of amides is 1. The predicted molar refractivity (Wildman–Crippen MR) is 128 cm³/mol. The summed E-state index contributed by atoms with van der Waals surface area (Å²) in [7, 11) is 0. The largest absolute Gasteiger partial charge is 0.484 e. The molecule has 0 unspecified atom stereocenters. The molecule has 1 fully saturated rings. The zero-order chi connectivity index (χ0) is 22.3. The second kappa shape index (κ2) is 10.3. The lowest BCUT2D eigenvalue weighted by atomic mass is 10.1. The van der Waals surface area contributed by atoms with Gasteiger partial charge in [0, 0.05) is 41.2 Å². The van der Waals surface area contributed by atoms with Gasteiger partial charge < -0.3 is 20.3 Å². The average Bonchev–Trinajstić information content (AvgIpc) is 2.80. The molecule has 3 aromatic rings. The molecule has 8 heteroatoms. The van der Waals surface area contributed by atoms with E-state index >= 15 is 0 Å². The summed E-state index contributed by atoms with van der Waals surface area (Å²) in [6, 6.07) is 16.3. The van der Waals surface area contributed by atoms with Crippen molar-refractivity contribution in [2.24, 2.45) is 0 Å². The van der Waals surface area contributed by atoms with E-state index in [0.29, 0.717) is 16.5 Å². The minimum Gasteiger partial charge on any atom is -0.484 e. The number of aromatic nitrogens is 2. The van der Waals surface area contributed by atoms with Crippen molar-refractivity contribution in [3.8, 4) is 5.75 Å². The summed E-state index contributed by atoms with van der Waals surface area (Å²) < 4.78 is 5.47. The zero-order valence-electron chi connectivity index (χ0n) is 18.0. The lowest BCUT2D eigenvalue weighted by molar-refractivity contribution is -0.118. The number of nitrogens with one attached hydrogen (secondary N) is 2. The first kappa shape index (κ1) is 21.9. The summed E-state index contributed by atoms with van der Waals surface area (Å²) in [4.78, 5) is 23.7. The van der Waals surface area contributed by atoms with Gasteiger partial charge in [-0.05, 0) is 74.7 Å². The third kappa shape index (κ3) is 6.11. The quantitative estimate of drug-likeness (QED) is 0.514. The van der Waals surface area contributed by atoms with Crippen molar-refractivity contribution < 1.29 is 9.53 Å². The number of rotatable bonds is 7. The molecule has 0 saturated carbocycles. The number of hydrogen-bond acceptors (Lipinski definition) is 6. The summed E-state index contributed by atoms with van der Waals surface area (Å²) in [6.07, 6.45) is 3.62. The van der Waals surface area contributed by atoms with Crippen LogP contribution in [0.1, 0.15) is 25.0 Å². The van der Waals surface area contributed by atoms with E-state index in [1.807, 2.05) is 37.3 Å². The molecule has 1 amide bonds. The molecule has 7 nitrogen and oxygen atoms in total. The molecule has 0 atom stereocenters. The van der Waals surface area contributed by atoms with Gasteiger partial charge in [-0.2, -0.15) is 4.98 Å². The first-order valence-corrected chi connectivity index (χ1v) is 11.1.